The topological polar surface area (TPSA) is 99.1 Å². The first kappa shape index (κ1) is 48.8. The van der Waals surface area contributed by atoms with E-state index in [1.54, 1.807) is 0 Å². The minimum absolute atomic E-state index is 0.0478. The minimum atomic E-state index is -0.880. The lowest BCUT2D eigenvalue weighted by molar-refractivity contribution is -0.887. The highest BCUT2D eigenvalue weighted by Crippen LogP contribution is 2.15. The molecule has 0 bridgehead atoms. The molecule has 2 unspecified atom stereocenters. The summed E-state index contributed by atoms with van der Waals surface area (Å²) in [7, 11) is 5.51. The number of nitrogens with zero attached hydrogens (tertiary/aromatic N) is 1. The number of ether oxygens (including phenoxy) is 3. The SMILES string of the molecule is CCCCCCCC/C=C/C/C=C/CCC(=O)OCC(COCCC(C(=O)O)[N+](C)(C)C)OC(=O)CCCCCCCCCCCCCCCC. The van der Waals surface area contributed by atoms with Crippen molar-refractivity contribution in [2.75, 3.05) is 41.0 Å². The molecule has 0 aromatic rings. The van der Waals surface area contributed by atoms with E-state index in [2.05, 4.69) is 32.1 Å². The van der Waals surface area contributed by atoms with Gasteiger partial charge in [0.15, 0.2) is 12.1 Å². The number of unbranched alkanes of at least 4 members (excludes halogenated alkanes) is 19. The predicted octanol–water partition coefficient (Wildman–Crippen LogP) is 10.9. The van der Waals surface area contributed by atoms with Gasteiger partial charge < -0.3 is 23.8 Å². The van der Waals surface area contributed by atoms with Crippen LogP contribution >= 0.6 is 0 Å². The molecular weight excluding hydrogens is 642 g/mol. The largest absolute Gasteiger partial charge is 0.477 e. The molecule has 51 heavy (non-hydrogen) atoms. The van der Waals surface area contributed by atoms with E-state index in [0.29, 0.717) is 19.3 Å². The van der Waals surface area contributed by atoms with E-state index in [1.807, 2.05) is 27.2 Å². The zero-order valence-electron chi connectivity index (χ0n) is 33.8. The van der Waals surface area contributed by atoms with Gasteiger partial charge in [0.25, 0.3) is 0 Å². The van der Waals surface area contributed by atoms with Gasteiger partial charge in [0.2, 0.25) is 0 Å². The Balaban J connectivity index is 4.44. The molecule has 0 amide bonds. The first-order valence-electron chi connectivity index (χ1n) is 20.9. The number of quaternary nitrogens is 1. The molecule has 0 aromatic carbocycles. The molecule has 0 fully saturated rings. The van der Waals surface area contributed by atoms with E-state index in [1.165, 1.54) is 109 Å². The van der Waals surface area contributed by atoms with Crippen LogP contribution < -0.4 is 0 Å². The fourth-order valence-electron chi connectivity index (χ4n) is 6.09. The van der Waals surface area contributed by atoms with Crippen molar-refractivity contribution in [2.45, 2.75) is 193 Å². The van der Waals surface area contributed by atoms with Gasteiger partial charge in [-0.15, -0.1) is 0 Å². The Morgan fingerprint density at radius 3 is 1.59 bits per heavy atom. The van der Waals surface area contributed by atoms with Gasteiger partial charge in [-0.05, 0) is 32.1 Å². The summed E-state index contributed by atoms with van der Waals surface area (Å²) in [6, 6.07) is -0.618. The normalized spacial score (nSPS) is 13.2. The van der Waals surface area contributed by atoms with Crippen LogP contribution in [0, 0.1) is 0 Å². The molecule has 0 aliphatic carbocycles. The third kappa shape index (κ3) is 33.4. The van der Waals surface area contributed by atoms with Crippen molar-refractivity contribution in [3.8, 4) is 0 Å². The average Bonchev–Trinajstić information content (AvgIpc) is 3.08. The Morgan fingerprint density at radius 2 is 1.08 bits per heavy atom. The van der Waals surface area contributed by atoms with Gasteiger partial charge in [-0.1, -0.05) is 154 Å². The molecule has 0 radical (unpaired) electrons. The van der Waals surface area contributed by atoms with Crippen molar-refractivity contribution in [3.63, 3.8) is 0 Å². The van der Waals surface area contributed by atoms with Gasteiger partial charge in [-0.25, -0.2) is 4.79 Å². The van der Waals surface area contributed by atoms with Gasteiger partial charge >= 0.3 is 17.9 Å². The number of hydrogen-bond donors (Lipinski definition) is 1. The van der Waals surface area contributed by atoms with Crippen LogP contribution in [-0.2, 0) is 28.6 Å². The molecule has 0 aromatic heterocycles. The molecule has 1 N–H and O–H groups in total. The number of carboxylic acid groups (broad SMARTS) is 1. The highest BCUT2D eigenvalue weighted by Gasteiger charge is 2.31. The average molecular weight is 723 g/mol. The number of carboxylic acids is 1. The van der Waals surface area contributed by atoms with E-state index in [4.69, 9.17) is 14.2 Å². The summed E-state index contributed by atoms with van der Waals surface area (Å²) < 4.78 is 17.2. The van der Waals surface area contributed by atoms with Crippen LogP contribution in [0.4, 0.5) is 0 Å². The van der Waals surface area contributed by atoms with E-state index < -0.39 is 18.1 Å². The van der Waals surface area contributed by atoms with Crippen LogP contribution in [0.2, 0.25) is 0 Å². The van der Waals surface area contributed by atoms with Crippen LogP contribution in [0.1, 0.15) is 181 Å². The Hall–Kier alpha value is -2.19. The lowest BCUT2D eigenvalue weighted by Crippen LogP contribution is -2.50. The van der Waals surface area contributed by atoms with Gasteiger partial charge in [0, 0.05) is 19.3 Å². The van der Waals surface area contributed by atoms with Crippen LogP contribution in [0.25, 0.3) is 0 Å². The van der Waals surface area contributed by atoms with Gasteiger partial charge in [0.1, 0.15) is 6.61 Å². The number of aliphatic carboxylic acids is 1. The molecule has 0 saturated carbocycles. The van der Waals surface area contributed by atoms with Crippen molar-refractivity contribution in [2.24, 2.45) is 0 Å². The minimum Gasteiger partial charge on any atom is -0.477 e. The van der Waals surface area contributed by atoms with Crippen molar-refractivity contribution in [1.82, 2.24) is 0 Å². The molecule has 0 spiro atoms. The van der Waals surface area contributed by atoms with Crippen LogP contribution in [-0.4, -0.2) is 80.6 Å². The molecular formula is C43H80NO7+. The standard InChI is InChI=1S/C43H79NO7/c1-6-8-10-12-14-16-18-20-22-24-26-28-30-32-34-42(46)51-39(37-49-36-35-40(43(47)48)44(3,4)5)38-50-41(45)33-31-29-27-25-23-21-19-17-15-13-11-9-7-2/h21,23,27,29,39-40H,6-20,22,24-26,28,30-38H2,1-5H3/p+1/b23-21+,29-27+. The number of carbonyl (C=O) groups excluding carboxylic acids is 2. The maximum absolute atomic E-state index is 12.7. The number of carbonyl (C=O) groups is 3. The van der Waals surface area contributed by atoms with E-state index in [9.17, 15) is 19.5 Å². The molecule has 8 nitrogen and oxygen atoms in total. The Kier molecular flexibility index (Phi) is 33.4. The second-order valence-corrected chi connectivity index (χ2v) is 15.2. The molecule has 8 heteroatoms. The first-order chi connectivity index (χ1) is 24.6. The number of likely N-dealkylation sites (N-methyl/N-ethyl adjacent to an activating group) is 1. The fraction of sp³-hybridized carbons (Fsp3) is 0.837. The summed E-state index contributed by atoms with van der Waals surface area (Å²) >= 11 is 0. The second kappa shape index (κ2) is 34.9. The third-order valence-corrected chi connectivity index (χ3v) is 9.37. The lowest BCUT2D eigenvalue weighted by Gasteiger charge is -2.31. The monoisotopic (exact) mass is 723 g/mol. The summed E-state index contributed by atoms with van der Waals surface area (Å²) in [6.45, 7) is 4.67. The summed E-state index contributed by atoms with van der Waals surface area (Å²) in [5.74, 6) is -1.54. The van der Waals surface area contributed by atoms with Crippen molar-refractivity contribution >= 4 is 17.9 Å². The zero-order chi connectivity index (χ0) is 37.8. The van der Waals surface area contributed by atoms with Gasteiger partial charge in [0.05, 0.1) is 34.4 Å². The highest BCUT2D eigenvalue weighted by atomic mass is 16.6. The number of esters is 2. The van der Waals surface area contributed by atoms with Crippen LogP contribution in [0.3, 0.4) is 0 Å². The maximum Gasteiger partial charge on any atom is 0.362 e. The molecule has 0 rings (SSSR count). The number of allylic oxidation sites excluding steroid dienone is 4. The molecule has 298 valence electrons. The summed E-state index contributed by atoms with van der Waals surface area (Å²) in [5.41, 5.74) is 0. The van der Waals surface area contributed by atoms with Crippen molar-refractivity contribution < 1.29 is 38.2 Å². The predicted molar refractivity (Wildman–Crippen MR) is 211 cm³/mol. The first-order valence-corrected chi connectivity index (χ1v) is 20.9. The van der Waals surface area contributed by atoms with Crippen LogP contribution in [0.5, 0.6) is 0 Å². The Bertz CT molecular complexity index is 895. The molecule has 0 aliphatic rings. The molecule has 0 aliphatic heterocycles. The maximum atomic E-state index is 12.7. The Morgan fingerprint density at radius 1 is 0.588 bits per heavy atom. The van der Waals surface area contributed by atoms with Crippen LogP contribution in [0.15, 0.2) is 24.3 Å². The highest BCUT2D eigenvalue weighted by molar-refractivity contribution is 5.72. The summed E-state index contributed by atoms with van der Waals surface area (Å²) in [6.07, 6.45) is 36.6. The third-order valence-electron chi connectivity index (χ3n) is 9.37. The zero-order valence-corrected chi connectivity index (χ0v) is 33.8. The summed E-state index contributed by atoms with van der Waals surface area (Å²) in [4.78, 5) is 36.8. The van der Waals surface area contributed by atoms with E-state index in [0.717, 1.165) is 32.1 Å². The number of rotatable bonds is 37. The van der Waals surface area contributed by atoms with Gasteiger partial charge in [-0.2, -0.15) is 0 Å². The fourth-order valence-corrected chi connectivity index (χ4v) is 6.09. The quantitative estimate of drug-likeness (QED) is 0.0295. The molecule has 0 heterocycles. The summed E-state index contributed by atoms with van der Waals surface area (Å²) in [5, 5.41) is 9.59. The smallest absolute Gasteiger partial charge is 0.362 e. The van der Waals surface area contributed by atoms with Gasteiger partial charge in [-0.3, -0.25) is 9.59 Å². The van der Waals surface area contributed by atoms with Crippen molar-refractivity contribution in [1.29, 1.82) is 0 Å². The number of hydrogen-bond acceptors (Lipinski definition) is 6. The molecule has 2 atom stereocenters. The lowest BCUT2D eigenvalue weighted by atomic mass is 10.0. The Labute approximate surface area is 313 Å². The van der Waals surface area contributed by atoms with E-state index in [-0.39, 0.29) is 42.7 Å². The van der Waals surface area contributed by atoms with Crippen molar-refractivity contribution in [3.05, 3.63) is 24.3 Å². The second-order valence-electron chi connectivity index (χ2n) is 15.2. The van der Waals surface area contributed by atoms with E-state index >= 15 is 0 Å². The molecule has 0 saturated heterocycles.